The number of aromatic nitrogens is 4. The lowest BCUT2D eigenvalue weighted by Crippen LogP contribution is -2.38. The van der Waals surface area contributed by atoms with E-state index in [1.165, 1.54) is 4.90 Å². The van der Waals surface area contributed by atoms with Crippen molar-refractivity contribution in [2.45, 2.75) is 13.8 Å². The molecule has 2 rings (SSSR count). The SMILES string of the molecule is C=CCN(CC=C)c1nc(N(CC(=O)OCC)CC(=O)OCC)n2oc(=O)nc2n1. The Kier molecular flexibility index (Phi) is 8.08. The minimum Gasteiger partial charge on any atom is -0.465 e. The zero-order chi connectivity index (χ0) is 22.1. The minimum atomic E-state index is -0.908. The molecular weight excluding hydrogens is 396 g/mol. The van der Waals surface area contributed by atoms with Crippen LogP contribution in [-0.4, -0.2) is 70.9 Å². The number of rotatable bonds is 12. The van der Waals surface area contributed by atoms with E-state index >= 15 is 0 Å². The van der Waals surface area contributed by atoms with Crippen molar-refractivity contribution in [2.24, 2.45) is 0 Å². The van der Waals surface area contributed by atoms with Gasteiger partial charge in [0.25, 0.3) is 5.78 Å². The molecule has 0 unspecified atom stereocenters. The average molecular weight is 420 g/mol. The van der Waals surface area contributed by atoms with Crippen LogP contribution in [0.25, 0.3) is 5.78 Å². The van der Waals surface area contributed by atoms with Gasteiger partial charge in [0.15, 0.2) is 0 Å². The molecule has 0 N–H and O–H groups in total. The molecule has 0 aromatic carbocycles. The standard InChI is InChI=1S/C18H24N6O6/c1-5-9-22(10-6-2)15-19-16-21-18(27)30-24(16)17(20-15)23(11-13(25)28-7-3)12-14(26)29-8-4/h5-6H,1-2,7-12H2,3-4H3. The summed E-state index contributed by atoms with van der Waals surface area (Å²) in [7, 11) is 0. The second-order valence-corrected chi connectivity index (χ2v) is 5.84. The van der Waals surface area contributed by atoms with E-state index in [1.54, 1.807) is 30.9 Å². The third kappa shape index (κ3) is 5.65. The molecule has 0 fully saturated rings. The van der Waals surface area contributed by atoms with Crippen LogP contribution in [0.3, 0.4) is 0 Å². The molecule has 0 aliphatic heterocycles. The van der Waals surface area contributed by atoms with Crippen LogP contribution < -0.4 is 15.6 Å². The number of ether oxygens (including phenoxy) is 2. The van der Waals surface area contributed by atoms with Crippen LogP contribution in [0.5, 0.6) is 0 Å². The van der Waals surface area contributed by atoms with Gasteiger partial charge in [0, 0.05) is 13.1 Å². The number of fused-ring (bicyclic) bond motifs is 1. The van der Waals surface area contributed by atoms with E-state index < -0.39 is 17.7 Å². The average Bonchev–Trinajstić information content (AvgIpc) is 3.07. The van der Waals surface area contributed by atoms with Crippen molar-refractivity contribution in [3.63, 3.8) is 0 Å². The molecule has 0 atom stereocenters. The van der Waals surface area contributed by atoms with Crippen LogP contribution in [0.15, 0.2) is 34.6 Å². The van der Waals surface area contributed by atoms with E-state index in [-0.39, 0.29) is 44.0 Å². The van der Waals surface area contributed by atoms with Crippen LogP contribution in [0.4, 0.5) is 11.9 Å². The van der Waals surface area contributed by atoms with Crippen LogP contribution in [0.2, 0.25) is 0 Å². The second kappa shape index (κ2) is 10.7. The van der Waals surface area contributed by atoms with Gasteiger partial charge in [-0.1, -0.05) is 16.7 Å². The third-order valence-electron chi connectivity index (χ3n) is 3.64. The van der Waals surface area contributed by atoms with Crippen LogP contribution in [-0.2, 0) is 19.1 Å². The first-order chi connectivity index (χ1) is 14.4. The Bertz CT molecular complexity index is 938. The summed E-state index contributed by atoms with van der Waals surface area (Å²) >= 11 is 0. The number of esters is 2. The number of anilines is 2. The van der Waals surface area contributed by atoms with E-state index in [0.717, 1.165) is 4.57 Å². The first-order valence-electron chi connectivity index (χ1n) is 9.24. The molecule has 12 heteroatoms. The highest BCUT2D eigenvalue weighted by atomic mass is 16.5. The van der Waals surface area contributed by atoms with Gasteiger partial charge in [0.05, 0.1) is 13.2 Å². The molecule has 0 spiro atoms. The maximum absolute atomic E-state index is 12.1. The summed E-state index contributed by atoms with van der Waals surface area (Å²) in [5, 5.41) is 0. The van der Waals surface area contributed by atoms with Crippen molar-refractivity contribution in [3.05, 3.63) is 35.9 Å². The third-order valence-corrected chi connectivity index (χ3v) is 3.64. The molecular formula is C18H24N6O6. The molecule has 162 valence electrons. The van der Waals surface area contributed by atoms with Crippen molar-refractivity contribution in [1.29, 1.82) is 0 Å². The Labute approximate surface area is 172 Å². The van der Waals surface area contributed by atoms with E-state index in [9.17, 15) is 14.4 Å². The molecule has 2 aromatic rings. The highest BCUT2D eigenvalue weighted by Crippen LogP contribution is 2.18. The molecule has 0 saturated heterocycles. The summed E-state index contributed by atoms with van der Waals surface area (Å²) in [6.07, 6.45) is 3.28. The maximum atomic E-state index is 12.1. The van der Waals surface area contributed by atoms with Gasteiger partial charge in [-0.3, -0.25) is 9.59 Å². The van der Waals surface area contributed by atoms with Gasteiger partial charge in [0.2, 0.25) is 11.9 Å². The van der Waals surface area contributed by atoms with Gasteiger partial charge in [0.1, 0.15) is 13.1 Å². The van der Waals surface area contributed by atoms with Crippen molar-refractivity contribution in [1.82, 2.24) is 19.5 Å². The largest absolute Gasteiger partial charge is 0.465 e. The lowest BCUT2D eigenvalue weighted by atomic mass is 10.4. The highest BCUT2D eigenvalue weighted by molar-refractivity contribution is 5.80. The van der Waals surface area contributed by atoms with E-state index in [0.29, 0.717) is 13.1 Å². The smallest absolute Gasteiger partial charge is 0.462 e. The van der Waals surface area contributed by atoms with Gasteiger partial charge in [-0.2, -0.15) is 9.97 Å². The topological polar surface area (TPSA) is 132 Å². The number of carbonyl (C=O) groups is 2. The molecule has 0 bridgehead atoms. The van der Waals surface area contributed by atoms with E-state index in [4.69, 9.17) is 14.0 Å². The quantitative estimate of drug-likeness (QED) is 0.344. The normalized spacial score (nSPS) is 10.5. The fourth-order valence-corrected chi connectivity index (χ4v) is 2.53. The van der Waals surface area contributed by atoms with Crippen LogP contribution in [0, 0.1) is 0 Å². The van der Waals surface area contributed by atoms with Crippen molar-refractivity contribution < 1.29 is 23.6 Å². The van der Waals surface area contributed by atoms with Crippen LogP contribution in [0.1, 0.15) is 13.8 Å². The monoisotopic (exact) mass is 420 g/mol. The predicted molar refractivity (Wildman–Crippen MR) is 107 cm³/mol. The molecule has 2 aromatic heterocycles. The molecule has 12 nitrogen and oxygen atoms in total. The molecule has 30 heavy (non-hydrogen) atoms. The summed E-state index contributed by atoms with van der Waals surface area (Å²) in [5.74, 6) is -2.07. The Balaban J connectivity index is 2.59. The number of hydrogen-bond acceptors (Lipinski definition) is 11. The zero-order valence-corrected chi connectivity index (χ0v) is 16.9. The molecule has 0 radical (unpaired) electrons. The Morgan fingerprint density at radius 1 is 1.00 bits per heavy atom. The molecule has 0 aliphatic rings. The molecule has 0 amide bonds. The van der Waals surface area contributed by atoms with Crippen molar-refractivity contribution >= 4 is 29.6 Å². The van der Waals surface area contributed by atoms with Gasteiger partial charge in [-0.25, -0.2) is 4.79 Å². The Morgan fingerprint density at radius 3 is 2.07 bits per heavy atom. The highest BCUT2D eigenvalue weighted by Gasteiger charge is 2.25. The summed E-state index contributed by atoms with van der Waals surface area (Å²) in [4.78, 5) is 51.3. The van der Waals surface area contributed by atoms with E-state index in [2.05, 4.69) is 28.1 Å². The van der Waals surface area contributed by atoms with Gasteiger partial charge in [-0.05, 0) is 13.8 Å². The first-order valence-corrected chi connectivity index (χ1v) is 9.24. The predicted octanol–water partition coefficient (Wildman–Crippen LogP) is 0.189. The lowest BCUT2D eigenvalue weighted by molar-refractivity contribution is -0.142. The summed E-state index contributed by atoms with van der Waals surface area (Å²) in [6.45, 7) is 11.1. The summed E-state index contributed by atoms with van der Waals surface area (Å²) in [5.41, 5.74) is 0. The Hall–Kier alpha value is -3.70. The van der Waals surface area contributed by atoms with Gasteiger partial charge < -0.3 is 23.8 Å². The fourth-order valence-electron chi connectivity index (χ4n) is 2.53. The first kappa shape index (κ1) is 22.6. The van der Waals surface area contributed by atoms with Crippen LogP contribution >= 0.6 is 0 Å². The molecule has 0 saturated carbocycles. The van der Waals surface area contributed by atoms with Gasteiger partial charge in [-0.15, -0.1) is 18.1 Å². The number of carbonyl (C=O) groups excluding carboxylic acids is 2. The summed E-state index contributed by atoms with van der Waals surface area (Å²) < 4.78 is 15.9. The van der Waals surface area contributed by atoms with E-state index in [1.807, 2.05) is 0 Å². The fraction of sp³-hybridized carbons (Fsp3) is 0.444. The lowest BCUT2D eigenvalue weighted by Gasteiger charge is -2.24. The molecule has 2 heterocycles. The zero-order valence-electron chi connectivity index (χ0n) is 16.9. The molecule has 0 aliphatic carbocycles. The van der Waals surface area contributed by atoms with Crippen molar-refractivity contribution in [2.75, 3.05) is 49.2 Å². The second-order valence-electron chi connectivity index (χ2n) is 5.84. The van der Waals surface area contributed by atoms with Gasteiger partial charge >= 0.3 is 17.7 Å². The minimum absolute atomic E-state index is 0.0381. The number of nitrogens with zero attached hydrogens (tertiary/aromatic N) is 6. The number of hydrogen-bond donors (Lipinski definition) is 0. The summed E-state index contributed by atoms with van der Waals surface area (Å²) in [6, 6.07) is 0. The van der Waals surface area contributed by atoms with Crippen molar-refractivity contribution in [3.8, 4) is 0 Å². The maximum Gasteiger partial charge on any atom is 0.462 e. The Morgan fingerprint density at radius 2 is 1.57 bits per heavy atom.